The molecule has 0 atom stereocenters. The number of amides is 1. The molecule has 0 unspecified atom stereocenters. The summed E-state index contributed by atoms with van der Waals surface area (Å²) in [6, 6.07) is 9.27. The van der Waals surface area contributed by atoms with Gasteiger partial charge in [-0.3, -0.25) is 4.79 Å². The Balaban J connectivity index is 2.03. The van der Waals surface area contributed by atoms with Crippen LogP contribution in [0.2, 0.25) is 0 Å². The maximum Gasteiger partial charge on any atom is 0.341 e. The van der Waals surface area contributed by atoms with Crippen LogP contribution in [0.25, 0.3) is 0 Å². The summed E-state index contributed by atoms with van der Waals surface area (Å²) in [5.74, 6) is -0.898. The molecule has 1 N–H and O–H groups in total. The van der Waals surface area contributed by atoms with Crippen molar-refractivity contribution in [2.24, 2.45) is 0 Å². The number of para-hydroxylation sites is 1. The lowest BCUT2D eigenvalue weighted by atomic mass is 10.0. The average molecular weight is 358 g/mol. The van der Waals surface area contributed by atoms with Crippen molar-refractivity contribution in [3.63, 3.8) is 0 Å². The minimum atomic E-state index is -0.549. The van der Waals surface area contributed by atoms with E-state index in [4.69, 9.17) is 4.74 Å². The van der Waals surface area contributed by atoms with E-state index in [9.17, 15) is 9.59 Å². The molecular formula is C19H22N2O3S. The summed E-state index contributed by atoms with van der Waals surface area (Å²) >= 11 is 1.36. The van der Waals surface area contributed by atoms with Gasteiger partial charge in [0.25, 0.3) is 5.91 Å². The van der Waals surface area contributed by atoms with Crippen LogP contribution in [-0.2, 0) is 22.4 Å². The van der Waals surface area contributed by atoms with E-state index in [0.717, 1.165) is 29.7 Å². The molecule has 132 valence electrons. The van der Waals surface area contributed by atoms with E-state index < -0.39 is 5.97 Å². The molecule has 0 saturated heterocycles. The van der Waals surface area contributed by atoms with Crippen molar-refractivity contribution < 1.29 is 14.3 Å². The maximum atomic E-state index is 12.2. The maximum absolute atomic E-state index is 12.2. The summed E-state index contributed by atoms with van der Waals surface area (Å²) in [6.45, 7) is 3.75. The first-order chi connectivity index (χ1) is 12.1. The lowest BCUT2D eigenvalue weighted by Crippen LogP contribution is -2.22. The Morgan fingerprint density at radius 1 is 1.12 bits per heavy atom. The molecule has 0 aliphatic heterocycles. The van der Waals surface area contributed by atoms with E-state index in [2.05, 4.69) is 10.3 Å². The number of rotatable bonds is 7. The van der Waals surface area contributed by atoms with E-state index in [1.807, 2.05) is 38.3 Å². The van der Waals surface area contributed by atoms with Gasteiger partial charge in [-0.15, -0.1) is 11.8 Å². The highest BCUT2D eigenvalue weighted by molar-refractivity contribution is 7.98. The van der Waals surface area contributed by atoms with Crippen molar-refractivity contribution in [2.45, 2.75) is 31.7 Å². The molecule has 0 fully saturated rings. The number of ether oxygens (including phenoxy) is 1. The normalized spacial score (nSPS) is 10.4. The number of hydrogen-bond donors (Lipinski definition) is 1. The summed E-state index contributed by atoms with van der Waals surface area (Å²) in [7, 11) is 0. The van der Waals surface area contributed by atoms with Gasteiger partial charge in [0.1, 0.15) is 5.03 Å². The third kappa shape index (κ3) is 4.82. The third-order valence-electron chi connectivity index (χ3n) is 3.78. The van der Waals surface area contributed by atoms with Gasteiger partial charge in [0.2, 0.25) is 0 Å². The van der Waals surface area contributed by atoms with E-state index >= 15 is 0 Å². The molecule has 2 rings (SSSR count). The topological polar surface area (TPSA) is 68.3 Å². The Bertz CT molecular complexity index is 740. The SMILES string of the molecule is CCc1cccc(CC)c1NC(=O)COC(=O)c1cccnc1SC. The van der Waals surface area contributed by atoms with Gasteiger partial charge in [0.15, 0.2) is 6.61 Å². The number of aryl methyl sites for hydroxylation is 2. The molecule has 1 amide bonds. The van der Waals surface area contributed by atoms with Gasteiger partial charge in [0.05, 0.1) is 5.56 Å². The smallest absolute Gasteiger partial charge is 0.341 e. The predicted molar refractivity (Wildman–Crippen MR) is 100 cm³/mol. The average Bonchev–Trinajstić information content (AvgIpc) is 2.66. The van der Waals surface area contributed by atoms with Gasteiger partial charge in [-0.05, 0) is 42.4 Å². The minimum absolute atomic E-state index is 0.331. The van der Waals surface area contributed by atoms with Crippen LogP contribution in [0.3, 0.4) is 0 Å². The number of aromatic nitrogens is 1. The number of pyridine rings is 1. The summed E-state index contributed by atoms with van der Waals surface area (Å²) < 4.78 is 5.15. The van der Waals surface area contributed by atoms with Crippen LogP contribution in [0.15, 0.2) is 41.6 Å². The molecule has 0 spiro atoms. The first-order valence-corrected chi connectivity index (χ1v) is 9.39. The summed E-state index contributed by atoms with van der Waals surface area (Å²) in [5.41, 5.74) is 3.32. The molecule has 0 saturated carbocycles. The number of hydrogen-bond acceptors (Lipinski definition) is 5. The number of nitrogens with one attached hydrogen (secondary N) is 1. The van der Waals surface area contributed by atoms with Gasteiger partial charge in [0, 0.05) is 11.9 Å². The monoisotopic (exact) mass is 358 g/mol. The van der Waals surface area contributed by atoms with Crippen molar-refractivity contribution in [1.82, 2.24) is 4.98 Å². The van der Waals surface area contributed by atoms with Crippen molar-refractivity contribution in [3.8, 4) is 0 Å². The molecule has 0 bridgehead atoms. The van der Waals surface area contributed by atoms with Crippen molar-refractivity contribution >= 4 is 29.3 Å². The summed E-state index contributed by atoms with van der Waals surface area (Å²) in [6.07, 6.45) is 5.08. The van der Waals surface area contributed by atoms with Crippen LogP contribution in [0, 0.1) is 0 Å². The number of benzene rings is 1. The number of anilines is 1. The van der Waals surface area contributed by atoms with Gasteiger partial charge >= 0.3 is 5.97 Å². The van der Waals surface area contributed by atoms with E-state index in [1.165, 1.54) is 11.8 Å². The fraction of sp³-hybridized carbons (Fsp3) is 0.316. The Morgan fingerprint density at radius 2 is 1.80 bits per heavy atom. The number of esters is 1. The molecule has 5 nitrogen and oxygen atoms in total. The van der Waals surface area contributed by atoms with Crippen molar-refractivity contribution in [3.05, 3.63) is 53.2 Å². The molecule has 6 heteroatoms. The lowest BCUT2D eigenvalue weighted by Gasteiger charge is -2.14. The summed E-state index contributed by atoms with van der Waals surface area (Å²) in [4.78, 5) is 28.5. The Morgan fingerprint density at radius 3 is 2.40 bits per heavy atom. The molecular weight excluding hydrogens is 336 g/mol. The fourth-order valence-electron chi connectivity index (χ4n) is 2.50. The van der Waals surface area contributed by atoms with E-state index in [-0.39, 0.29) is 12.5 Å². The quantitative estimate of drug-likeness (QED) is 0.603. The number of nitrogens with zero attached hydrogens (tertiary/aromatic N) is 1. The number of carbonyl (C=O) groups is 2. The first kappa shape index (κ1) is 19.0. The third-order valence-corrected chi connectivity index (χ3v) is 4.49. The van der Waals surface area contributed by atoms with Crippen LogP contribution in [0.1, 0.15) is 35.3 Å². The van der Waals surface area contributed by atoms with Crippen LogP contribution in [0.4, 0.5) is 5.69 Å². The Kier molecular flexibility index (Phi) is 7.01. The molecule has 25 heavy (non-hydrogen) atoms. The van der Waals surface area contributed by atoms with Crippen molar-refractivity contribution in [1.29, 1.82) is 0 Å². The molecule has 1 heterocycles. The first-order valence-electron chi connectivity index (χ1n) is 8.17. The Labute approximate surface area is 152 Å². The predicted octanol–water partition coefficient (Wildman–Crippen LogP) is 3.72. The standard InChI is InChI=1S/C19H22N2O3S/c1-4-13-8-6-9-14(5-2)17(13)21-16(22)12-24-19(23)15-10-7-11-20-18(15)25-3/h6-11H,4-5,12H2,1-3H3,(H,21,22). The second-order valence-electron chi connectivity index (χ2n) is 5.34. The molecule has 1 aromatic heterocycles. The zero-order valence-corrected chi connectivity index (χ0v) is 15.5. The molecule has 0 radical (unpaired) electrons. The van der Waals surface area contributed by atoms with Crippen LogP contribution in [-0.4, -0.2) is 29.7 Å². The van der Waals surface area contributed by atoms with Gasteiger partial charge in [-0.1, -0.05) is 32.0 Å². The number of thioether (sulfide) groups is 1. The van der Waals surface area contributed by atoms with Gasteiger partial charge < -0.3 is 10.1 Å². The lowest BCUT2D eigenvalue weighted by molar-refractivity contribution is -0.119. The zero-order chi connectivity index (χ0) is 18.2. The highest BCUT2D eigenvalue weighted by Crippen LogP contribution is 2.22. The van der Waals surface area contributed by atoms with E-state index in [0.29, 0.717) is 10.6 Å². The van der Waals surface area contributed by atoms with E-state index in [1.54, 1.807) is 18.3 Å². The largest absolute Gasteiger partial charge is 0.452 e. The molecule has 0 aliphatic carbocycles. The molecule has 2 aromatic rings. The Hall–Kier alpha value is -2.34. The van der Waals surface area contributed by atoms with Crippen molar-refractivity contribution in [2.75, 3.05) is 18.2 Å². The van der Waals surface area contributed by atoms with Gasteiger partial charge in [-0.25, -0.2) is 9.78 Å². The second kappa shape index (κ2) is 9.22. The second-order valence-corrected chi connectivity index (χ2v) is 6.14. The van der Waals surface area contributed by atoms with Gasteiger partial charge in [-0.2, -0.15) is 0 Å². The fourth-order valence-corrected chi connectivity index (χ4v) is 3.03. The molecule has 0 aliphatic rings. The minimum Gasteiger partial charge on any atom is -0.452 e. The molecule has 1 aromatic carbocycles. The highest BCUT2D eigenvalue weighted by Gasteiger charge is 2.16. The van der Waals surface area contributed by atoms with Crippen LogP contribution < -0.4 is 5.32 Å². The van der Waals surface area contributed by atoms with Crippen LogP contribution in [0.5, 0.6) is 0 Å². The summed E-state index contributed by atoms with van der Waals surface area (Å²) in [5, 5.41) is 3.46. The van der Waals surface area contributed by atoms with Crippen LogP contribution >= 0.6 is 11.8 Å². The number of carbonyl (C=O) groups excluding carboxylic acids is 2. The highest BCUT2D eigenvalue weighted by atomic mass is 32.2. The zero-order valence-electron chi connectivity index (χ0n) is 14.7.